The summed E-state index contributed by atoms with van der Waals surface area (Å²) in [5.74, 6) is 0.0150. The Morgan fingerprint density at radius 3 is 1.62 bits per heavy atom. The van der Waals surface area contributed by atoms with Crippen LogP contribution < -0.4 is 0 Å². The Bertz CT molecular complexity index is 238. The lowest BCUT2D eigenvalue weighted by Crippen LogP contribution is -2.30. The highest BCUT2D eigenvalue weighted by Crippen LogP contribution is 2.53. The predicted octanol–water partition coefficient (Wildman–Crippen LogP) is 2.18. The topological polar surface area (TPSA) is 34.1 Å². The maximum absolute atomic E-state index is 11.1. The van der Waals surface area contributed by atoms with E-state index in [-0.39, 0.29) is 22.3 Å². The average Bonchev–Trinajstić information content (AvgIpc) is 2.60. The van der Waals surface area contributed by atoms with Gasteiger partial charge in [-0.3, -0.25) is 9.59 Å². The summed E-state index contributed by atoms with van der Waals surface area (Å²) in [5, 5.41) is -0.766. The quantitative estimate of drug-likeness (QED) is 0.669. The van der Waals surface area contributed by atoms with Crippen LogP contribution in [0.15, 0.2) is 0 Å². The number of fused-ring (bicyclic) bond motifs is 2. The first-order valence-electron chi connectivity index (χ1n) is 4.50. The average molecular weight is 221 g/mol. The SMILES string of the molecule is O=C(Cl)[C@@H]1[C@H]2CC[C@@H](C2)[C@H]1C(=O)Cl. The fraction of sp³-hybridized carbons (Fsp3) is 0.778. The van der Waals surface area contributed by atoms with Crippen molar-refractivity contribution in [2.24, 2.45) is 23.7 Å². The second kappa shape index (κ2) is 3.25. The lowest BCUT2D eigenvalue weighted by atomic mass is 9.81. The molecule has 2 nitrogen and oxygen atoms in total. The van der Waals surface area contributed by atoms with E-state index in [9.17, 15) is 9.59 Å². The van der Waals surface area contributed by atoms with Crippen LogP contribution in [0.25, 0.3) is 0 Å². The van der Waals surface area contributed by atoms with E-state index in [1.54, 1.807) is 0 Å². The van der Waals surface area contributed by atoms with Gasteiger partial charge in [0.05, 0.1) is 0 Å². The van der Waals surface area contributed by atoms with Gasteiger partial charge in [0.2, 0.25) is 10.5 Å². The summed E-state index contributed by atoms with van der Waals surface area (Å²) in [6, 6.07) is 0. The molecule has 0 saturated heterocycles. The Labute approximate surface area is 86.6 Å². The van der Waals surface area contributed by atoms with Crippen LogP contribution in [-0.4, -0.2) is 10.5 Å². The molecule has 2 rings (SSSR count). The Morgan fingerprint density at radius 2 is 1.31 bits per heavy atom. The van der Waals surface area contributed by atoms with E-state index in [4.69, 9.17) is 23.2 Å². The normalized spacial score (nSPS) is 42.3. The Morgan fingerprint density at radius 1 is 0.923 bits per heavy atom. The third-order valence-electron chi connectivity index (χ3n) is 3.44. The number of carbonyl (C=O) groups excluding carboxylic acids is 2. The van der Waals surface area contributed by atoms with Gasteiger partial charge in [-0.2, -0.15) is 0 Å². The highest BCUT2D eigenvalue weighted by atomic mass is 35.5. The Balaban J connectivity index is 2.24. The zero-order valence-corrected chi connectivity index (χ0v) is 8.52. The summed E-state index contributed by atoms with van der Waals surface area (Å²) < 4.78 is 0. The van der Waals surface area contributed by atoms with Crippen LogP contribution in [0.4, 0.5) is 0 Å². The van der Waals surface area contributed by atoms with Gasteiger partial charge in [-0.05, 0) is 54.3 Å². The molecule has 2 saturated carbocycles. The van der Waals surface area contributed by atoms with Gasteiger partial charge in [0.1, 0.15) is 0 Å². The number of carbonyl (C=O) groups is 2. The summed E-state index contributed by atoms with van der Waals surface area (Å²) in [7, 11) is 0. The number of halogens is 2. The van der Waals surface area contributed by atoms with Gasteiger partial charge < -0.3 is 0 Å². The number of hydrogen-bond donors (Lipinski definition) is 0. The van der Waals surface area contributed by atoms with Crippen molar-refractivity contribution < 1.29 is 9.59 Å². The van der Waals surface area contributed by atoms with Crippen molar-refractivity contribution in [2.75, 3.05) is 0 Å². The van der Waals surface area contributed by atoms with Crippen LogP contribution >= 0.6 is 23.2 Å². The molecule has 0 unspecified atom stereocenters. The molecule has 0 amide bonds. The van der Waals surface area contributed by atoms with Gasteiger partial charge in [-0.25, -0.2) is 0 Å². The van der Waals surface area contributed by atoms with Crippen LogP contribution in [0.5, 0.6) is 0 Å². The van der Waals surface area contributed by atoms with E-state index in [1.807, 2.05) is 0 Å². The molecule has 72 valence electrons. The molecule has 0 radical (unpaired) electrons. The molecule has 2 aliphatic rings. The smallest absolute Gasteiger partial charge is 0.225 e. The van der Waals surface area contributed by atoms with Crippen molar-refractivity contribution in [1.82, 2.24) is 0 Å². The van der Waals surface area contributed by atoms with Crippen molar-refractivity contribution in [3.05, 3.63) is 0 Å². The molecule has 0 aromatic heterocycles. The first-order valence-corrected chi connectivity index (χ1v) is 5.25. The van der Waals surface area contributed by atoms with Crippen molar-refractivity contribution >= 4 is 33.7 Å². The van der Waals surface area contributed by atoms with E-state index in [0.717, 1.165) is 19.3 Å². The molecule has 0 aromatic carbocycles. The molecule has 0 aliphatic heterocycles. The minimum Gasteiger partial charge on any atom is -0.281 e. The molecule has 0 heterocycles. The van der Waals surface area contributed by atoms with Crippen molar-refractivity contribution in [3.8, 4) is 0 Å². The van der Waals surface area contributed by atoms with Crippen LogP contribution in [-0.2, 0) is 9.59 Å². The molecule has 4 heteroatoms. The first kappa shape index (κ1) is 9.47. The maximum Gasteiger partial charge on any atom is 0.225 e. The lowest BCUT2D eigenvalue weighted by Gasteiger charge is -2.24. The molecule has 2 bridgehead atoms. The number of hydrogen-bond acceptors (Lipinski definition) is 2. The summed E-state index contributed by atoms with van der Waals surface area (Å²) in [5.41, 5.74) is 0. The fourth-order valence-electron chi connectivity index (χ4n) is 2.94. The molecule has 4 atom stereocenters. The van der Waals surface area contributed by atoms with Crippen LogP contribution in [0, 0.1) is 23.7 Å². The monoisotopic (exact) mass is 220 g/mol. The van der Waals surface area contributed by atoms with Crippen LogP contribution in [0.3, 0.4) is 0 Å². The molecule has 2 fully saturated rings. The molecule has 0 aromatic rings. The zero-order chi connectivity index (χ0) is 9.59. The minimum absolute atomic E-state index is 0.301. The third kappa shape index (κ3) is 1.40. The largest absolute Gasteiger partial charge is 0.281 e. The number of rotatable bonds is 2. The van der Waals surface area contributed by atoms with E-state index in [0.29, 0.717) is 11.8 Å². The first-order chi connectivity index (χ1) is 6.11. The van der Waals surface area contributed by atoms with Gasteiger partial charge in [0.25, 0.3) is 0 Å². The van der Waals surface area contributed by atoms with Crippen LogP contribution in [0.2, 0.25) is 0 Å². The predicted molar refractivity (Wildman–Crippen MR) is 49.5 cm³/mol. The Hall–Kier alpha value is -0.0800. The van der Waals surface area contributed by atoms with Crippen molar-refractivity contribution in [2.45, 2.75) is 19.3 Å². The van der Waals surface area contributed by atoms with E-state index < -0.39 is 0 Å². The van der Waals surface area contributed by atoms with Gasteiger partial charge >= 0.3 is 0 Å². The second-order valence-corrected chi connectivity index (χ2v) is 4.74. The second-order valence-electron chi connectivity index (χ2n) is 3.99. The molecule has 0 spiro atoms. The van der Waals surface area contributed by atoms with Crippen molar-refractivity contribution in [1.29, 1.82) is 0 Å². The van der Waals surface area contributed by atoms with Gasteiger partial charge in [-0.15, -0.1) is 0 Å². The summed E-state index contributed by atoms with van der Waals surface area (Å²) in [6.45, 7) is 0. The highest BCUT2D eigenvalue weighted by Gasteiger charge is 2.52. The molecule has 13 heavy (non-hydrogen) atoms. The van der Waals surface area contributed by atoms with E-state index in [2.05, 4.69) is 0 Å². The summed E-state index contributed by atoms with van der Waals surface area (Å²) >= 11 is 10.9. The summed E-state index contributed by atoms with van der Waals surface area (Å²) in [4.78, 5) is 22.2. The third-order valence-corrected chi connectivity index (χ3v) is 3.94. The summed E-state index contributed by atoms with van der Waals surface area (Å²) in [6.07, 6.45) is 3.00. The maximum atomic E-state index is 11.1. The molecular weight excluding hydrogens is 211 g/mol. The van der Waals surface area contributed by atoms with Crippen molar-refractivity contribution in [3.63, 3.8) is 0 Å². The fourth-order valence-corrected chi connectivity index (χ4v) is 3.57. The Kier molecular flexibility index (Phi) is 2.37. The van der Waals surface area contributed by atoms with Gasteiger partial charge in [-0.1, -0.05) is 0 Å². The standard InChI is InChI=1S/C9H10Cl2O2/c10-8(12)6-4-1-2-5(3-4)7(6)9(11)13/h4-7H,1-3H2/t4-,5-,6+,7+/m0/s1. The lowest BCUT2D eigenvalue weighted by molar-refractivity contribution is -0.125. The van der Waals surface area contributed by atoms with Gasteiger partial charge in [0.15, 0.2) is 0 Å². The molecule has 2 aliphatic carbocycles. The molecular formula is C9H10Cl2O2. The highest BCUT2D eigenvalue weighted by molar-refractivity contribution is 6.66. The van der Waals surface area contributed by atoms with E-state index in [1.165, 1.54) is 0 Å². The molecule has 0 N–H and O–H groups in total. The minimum atomic E-state index is -0.383. The van der Waals surface area contributed by atoms with Crippen LogP contribution in [0.1, 0.15) is 19.3 Å². The van der Waals surface area contributed by atoms with Gasteiger partial charge in [0, 0.05) is 11.8 Å². The van der Waals surface area contributed by atoms with E-state index >= 15 is 0 Å². The zero-order valence-electron chi connectivity index (χ0n) is 7.00.